The fourth-order valence-corrected chi connectivity index (χ4v) is 2.37. The highest BCUT2D eigenvalue weighted by Gasteiger charge is 2.31. The number of carbonyl (C=O) groups excluding carboxylic acids is 1. The minimum absolute atomic E-state index is 0.00622. The standard InChI is InChI=1S/C16H23F3N2O2/c1-11(2)8-15(3,10-20)21-14(22)9-23-13-6-4-5-12(7-13)16(17,18)19/h4-7,11H,8-10,20H2,1-3H3,(H,21,22). The van der Waals surface area contributed by atoms with E-state index in [4.69, 9.17) is 10.5 Å². The van der Waals surface area contributed by atoms with Crippen molar-refractivity contribution in [3.63, 3.8) is 0 Å². The molecule has 0 saturated carbocycles. The highest BCUT2D eigenvalue weighted by atomic mass is 19.4. The van der Waals surface area contributed by atoms with Gasteiger partial charge in [-0.25, -0.2) is 0 Å². The molecule has 0 aromatic heterocycles. The maximum atomic E-state index is 12.6. The Bertz CT molecular complexity index is 532. The van der Waals surface area contributed by atoms with Crippen LogP contribution >= 0.6 is 0 Å². The van der Waals surface area contributed by atoms with Crippen LogP contribution in [-0.4, -0.2) is 24.6 Å². The van der Waals surface area contributed by atoms with Gasteiger partial charge in [0, 0.05) is 12.1 Å². The van der Waals surface area contributed by atoms with E-state index in [0.717, 1.165) is 12.1 Å². The predicted octanol–water partition coefficient (Wildman–Crippen LogP) is 2.96. The summed E-state index contributed by atoms with van der Waals surface area (Å²) in [6.45, 7) is 5.75. The summed E-state index contributed by atoms with van der Waals surface area (Å²) in [4.78, 5) is 11.9. The number of nitrogens with two attached hydrogens (primary N) is 1. The van der Waals surface area contributed by atoms with Crippen molar-refractivity contribution < 1.29 is 22.7 Å². The summed E-state index contributed by atoms with van der Waals surface area (Å²) in [7, 11) is 0. The lowest BCUT2D eigenvalue weighted by Crippen LogP contribution is -2.53. The summed E-state index contributed by atoms with van der Waals surface area (Å²) in [6.07, 6.45) is -3.75. The van der Waals surface area contributed by atoms with E-state index in [9.17, 15) is 18.0 Å². The average molecular weight is 332 g/mol. The lowest BCUT2D eigenvalue weighted by Gasteiger charge is -2.31. The second-order valence-electron chi connectivity index (χ2n) is 6.23. The summed E-state index contributed by atoms with van der Waals surface area (Å²) < 4.78 is 43.0. The van der Waals surface area contributed by atoms with Gasteiger partial charge in [-0.05, 0) is 37.5 Å². The van der Waals surface area contributed by atoms with Crippen molar-refractivity contribution >= 4 is 5.91 Å². The van der Waals surface area contributed by atoms with Crippen LogP contribution in [0.25, 0.3) is 0 Å². The molecule has 0 aliphatic heterocycles. The van der Waals surface area contributed by atoms with Crippen molar-refractivity contribution in [2.45, 2.75) is 38.9 Å². The first-order valence-corrected chi connectivity index (χ1v) is 7.37. The van der Waals surface area contributed by atoms with Crippen molar-refractivity contribution in [3.05, 3.63) is 29.8 Å². The van der Waals surface area contributed by atoms with Gasteiger partial charge in [-0.2, -0.15) is 13.2 Å². The van der Waals surface area contributed by atoms with E-state index in [0.29, 0.717) is 12.3 Å². The molecule has 1 unspecified atom stereocenters. The second kappa shape index (κ2) is 7.68. The molecule has 0 spiro atoms. The molecule has 1 atom stereocenters. The molecule has 130 valence electrons. The van der Waals surface area contributed by atoms with Crippen molar-refractivity contribution in [2.75, 3.05) is 13.2 Å². The summed E-state index contributed by atoms with van der Waals surface area (Å²) in [5.74, 6) is -0.0856. The second-order valence-corrected chi connectivity index (χ2v) is 6.23. The zero-order valence-corrected chi connectivity index (χ0v) is 13.5. The molecule has 1 amide bonds. The smallest absolute Gasteiger partial charge is 0.416 e. The molecule has 3 N–H and O–H groups in total. The third-order valence-corrected chi connectivity index (χ3v) is 3.28. The van der Waals surface area contributed by atoms with Crippen LogP contribution in [-0.2, 0) is 11.0 Å². The number of hydrogen-bond acceptors (Lipinski definition) is 3. The van der Waals surface area contributed by atoms with E-state index in [2.05, 4.69) is 5.32 Å². The Morgan fingerprint density at radius 3 is 2.52 bits per heavy atom. The summed E-state index contributed by atoms with van der Waals surface area (Å²) >= 11 is 0. The van der Waals surface area contributed by atoms with Gasteiger partial charge in [-0.15, -0.1) is 0 Å². The third-order valence-electron chi connectivity index (χ3n) is 3.28. The Labute approximate surface area is 134 Å². The topological polar surface area (TPSA) is 64.3 Å². The van der Waals surface area contributed by atoms with E-state index in [1.807, 2.05) is 20.8 Å². The third kappa shape index (κ3) is 6.48. The highest BCUT2D eigenvalue weighted by Crippen LogP contribution is 2.31. The monoisotopic (exact) mass is 332 g/mol. The first-order valence-electron chi connectivity index (χ1n) is 7.37. The van der Waals surface area contributed by atoms with Crippen LogP contribution in [0.2, 0.25) is 0 Å². The van der Waals surface area contributed by atoms with Gasteiger partial charge in [0.05, 0.1) is 5.56 Å². The molecule has 0 bridgehead atoms. The molecule has 1 rings (SSSR count). The van der Waals surface area contributed by atoms with Gasteiger partial charge in [-0.3, -0.25) is 4.79 Å². The van der Waals surface area contributed by atoms with E-state index in [1.54, 1.807) is 0 Å². The number of ether oxygens (including phenoxy) is 1. The number of hydrogen-bond donors (Lipinski definition) is 2. The molecule has 0 radical (unpaired) electrons. The maximum Gasteiger partial charge on any atom is 0.416 e. The van der Waals surface area contributed by atoms with Gasteiger partial charge >= 0.3 is 6.18 Å². The predicted molar refractivity (Wildman–Crippen MR) is 82.0 cm³/mol. The Balaban J connectivity index is 2.63. The molecule has 1 aromatic rings. The number of amides is 1. The van der Waals surface area contributed by atoms with E-state index in [-0.39, 0.29) is 18.9 Å². The Morgan fingerprint density at radius 1 is 1.35 bits per heavy atom. The van der Waals surface area contributed by atoms with Crippen molar-refractivity contribution in [3.8, 4) is 5.75 Å². The van der Waals surface area contributed by atoms with Crippen LogP contribution in [0.3, 0.4) is 0 Å². The summed E-state index contributed by atoms with van der Waals surface area (Å²) in [6, 6.07) is 4.42. The van der Waals surface area contributed by atoms with E-state index in [1.165, 1.54) is 12.1 Å². The van der Waals surface area contributed by atoms with Gasteiger partial charge in [0.2, 0.25) is 0 Å². The minimum atomic E-state index is -4.45. The molecule has 1 aromatic carbocycles. The lowest BCUT2D eigenvalue weighted by molar-refractivity contribution is -0.137. The molecular weight excluding hydrogens is 309 g/mol. The molecule has 0 aliphatic carbocycles. The normalized spacial score (nSPS) is 14.4. The Hall–Kier alpha value is -1.76. The molecule has 0 saturated heterocycles. The van der Waals surface area contributed by atoms with Crippen LogP contribution in [0, 0.1) is 5.92 Å². The summed E-state index contributed by atoms with van der Waals surface area (Å²) in [5.41, 5.74) is 4.31. The zero-order valence-electron chi connectivity index (χ0n) is 13.5. The largest absolute Gasteiger partial charge is 0.484 e. The van der Waals surface area contributed by atoms with Crippen molar-refractivity contribution in [1.82, 2.24) is 5.32 Å². The molecule has 0 heterocycles. The quantitative estimate of drug-likeness (QED) is 0.807. The number of benzene rings is 1. The average Bonchev–Trinajstić information content (AvgIpc) is 2.43. The minimum Gasteiger partial charge on any atom is -0.484 e. The van der Waals surface area contributed by atoms with Gasteiger partial charge in [0.15, 0.2) is 6.61 Å². The first-order chi connectivity index (χ1) is 10.6. The molecule has 23 heavy (non-hydrogen) atoms. The zero-order chi connectivity index (χ0) is 17.7. The number of nitrogens with one attached hydrogen (secondary N) is 1. The summed E-state index contributed by atoms with van der Waals surface area (Å²) in [5, 5.41) is 2.78. The molecule has 0 fully saturated rings. The highest BCUT2D eigenvalue weighted by molar-refractivity contribution is 5.78. The fourth-order valence-electron chi connectivity index (χ4n) is 2.37. The van der Waals surface area contributed by atoms with E-state index < -0.39 is 23.2 Å². The molecule has 4 nitrogen and oxygen atoms in total. The van der Waals surface area contributed by atoms with Gasteiger partial charge < -0.3 is 15.8 Å². The lowest BCUT2D eigenvalue weighted by atomic mass is 9.91. The fraction of sp³-hybridized carbons (Fsp3) is 0.562. The van der Waals surface area contributed by atoms with Crippen LogP contribution in [0.1, 0.15) is 32.8 Å². The van der Waals surface area contributed by atoms with Crippen LogP contribution < -0.4 is 15.8 Å². The number of rotatable bonds is 7. The maximum absolute atomic E-state index is 12.6. The van der Waals surface area contributed by atoms with Crippen molar-refractivity contribution in [2.24, 2.45) is 11.7 Å². The SMILES string of the molecule is CC(C)CC(C)(CN)NC(=O)COc1cccc(C(F)(F)F)c1. The van der Waals surface area contributed by atoms with Crippen LogP contribution in [0.5, 0.6) is 5.75 Å². The number of halogens is 3. The first kappa shape index (κ1) is 19.3. The van der Waals surface area contributed by atoms with Crippen LogP contribution in [0.4, 0.5) is 13.2 Å². The molecule has 7 heteroatoms. The van der Waals surface area contributed by atoms with E-state index >= 15 is 0 Å². The number of alkyl halides is 3. The van der Waals surface area contributed by atoms with Gasteiger partial charge in [0.1, 0.15) is 5.75 Å². The Morgan fingerprint density at radius 2 is 2.00 bits per heavy atom. The molecule has 0 aliphatic rings. The van der Waals surface area contributed by atoms with Gasteiger partial charge in [0.25, 0.3) is 5.91 Å². The Kier molecular flexibility index (Phi) is 6.44. The van der Waals surface area contributed by atoms with Crippen LogP contribution in [0.15, 0.2) is 24.3 Å². The molecular formula is C16H23F3N2O2. The van der Waals surface area contributed by atoms with Gasteiger partial charge in [-0.1, -0.05) is 19.9 Å². The van der Waals surface area contributed by atoms with Crippen molar-refractivity contribution in [1.29, 1.82) is 0 Å². The number of carbonyl (C=O) groups is 1.